The standard InChI is InChI=1S/C15H19N3O3/c16-17-15(20)14-11-5-1-2-6-12(11)21-13(14)8-18-7-3-4-10(18)9-19/h1-2,5-6,10,19H,3-4,7-9,16H2,(H,17,20). The number of nitrogens with zero attached hydrogens (tertiary/aromatic N) is 1. The van der Waals surface area contributed by atoms with Crippen LogP contribution in [0.5, 0.6) is 0 Å². The van der Waals surface area contributed by atoms with Crippen LogP contribution in [0, 0.1) is 0 Å². The Balaban J connectivity index is 1.99. The molecule has 1 fully saturated rings. The Hall–Kier alpha value is -1.89. The first-order valence-electron chi connectivity index (χ1n) is 7.11. The van der Waals surface area contributed by atoms with Crippen LogP contribution in [0.15, 0.2) is 28.7 Å². The zero-order valence-corrected chi connectivity index (χ0v) is 11.7. The van der Waals surface area contributed by atoms with Crippen LogP contribution in [0.25, 0.3) is 11.0 Å². The van der Waals surface area contributed by atoms with Gasteiger partial charge in [-0.3, -0.25) is 15.1 Å². The maximum absolute atomic E-state index is 12.1. The number of hydrogen-bond donors (Lipinski definition) is 3. The van der Waals surface area contributed by atoms with Gasteiger partial charge in [0.15, 0.2) is 0 Å². The minimum Gasteiger partial charge on any atom is -0.459 e. The summed E-state index contributed by atoms with van der Waals surface area (Å²) in [6, 6.07) is 7.54. The third-order valence-corrected chi connectivity index (χ3v) is 4.08. The number of fused-ring (bicyclic) bond motifs is 1. The van der Waals surface area contributed by atoms with Gasteiger partial charge in [0.1, 0.15) is 11.3 Å². The molecule has 1 aliphatic heterocycles. The second-order valence-electron chi connectivity index (χ2n) is 5.32. The monoisotopic (exact) mass is 289 g/mol. The molecule has 112 valence electrons. The lowest BCUT2D eigenvalue weighted by Gasteiger charge is -2.21. The highest BCUT2D eigenvalue weighted by Crippen LogP contribution is 2.29. The Morgan fingerprint density at radius 1 is 1.48 bits per heavy atom. The lowest BCUT2D eigenvalue weighted by atomic mass is 10.1. The summed E-state index contributed by atoms with van der Waals surface area (Å²) in [5, 5.41) is 10.2. The number of nitrogens with two attached hydrogens (primary N) is 1. The number of hydrazine groups is 1. The Morgan fingerprint density at radius 3 is 3.05 bits per heavy atom. The quantitative estimate of drug-likeness (QED) is 0.443. The molecule has 1 unspecified atom stereocenters. The molecule has 1 aromatic carbocycles. The molecular weight excluding hydrogens is 270 g/mol. The number of nitrogens with one attached hydrogen (secondary N) is 1. The van der Waals surface area contributed by atoms with Crippen LogP contribution in [0.4, 0.5) is 0 Å². The van der Waals surface area contributed by atoms with Gasteiger partial charge in [-0.25, -0.2) is 5.84 Å². The molecule has 2 aromatic rings. The summed E-state index contributed by atoms with van der Waals surface area (Å²) in [6.07, 6.45) is 2.01. The summed E-state index contributed by atoms with van der Waals surface area (Å²) in [7, 11) is 0. The second-order valence-corrected chi connectivity index (χ2v) is 5.32. The van der Waals surface area contributed by atoms with Gasteiger partial charge in [-0.2, -0.15) is 0 Å². The zero-order valence-electron chi connectivity index (χ0n) is 11.7. The highest BCUT2D eigenvalue weighted by molar-refractivity contribution is 6.07. The number of rotatable bonds is 4. The Labute approximate surface area is 122 Å². The van der Waals surface area contributed by atoms with Gasteiger partial charge in [-0.1, -0.05) is 18.2 Å². The molecule has 1 saturated heterocycles. The van der Waals surface area contributed by atoms with Crippen molar-refractivity contribution in [3.63, 3.8) is 0 Å². The van der Waals surface area contributed by atoms with Crippen molar-refractivity contribution < 1.29 is 14.3 Å². The van der Waals surface area contributed by atoms with Crippen molar-refractivity contribution in [2.75, 3.05) is 13.2 Å². The van der Waals surface area contributed by atoms with E-state index >= 15 is 0 Å². The Morgan fingerprint density at radius 2 is 2.29 bits per heavy atom. The smallest absolute Gasteiger partial charge is 0.269 e. The highest BCUT2D eigenvalue weighted by Gasteiger charge is 2.28. The van der Waals surface area contributed by atoms with Crippen molar-refractivity contribution in [1.29, 1.82) is 0 Å². The number of benzene rings is 1. The molecule has 1 aliphatic rings. The fourth-order valence-corrected chi connectivity index (χ4v) is 3.02. The van der Waals surface area contributed by atoms with E-state index in [1.54, 1.807) is 0 Å². The number of amides is 1. The summed E-state index contributed by atoms with van der Waals surface area (Å²) >= 11 is 0. The Kier molecular flexibility index (Phi) is 3.92. The lowest BCUT2D eigenvalue weighted by molar-refractivity contribution is 0.0949. The van der Waals surface area contributed by atoms with Crippen LogP contribution in [-0.4, -0.2) is 35.1 Å². The third-order valence-electron chi connectivity index (χ3n) is 4.08. The lowest BCUT2D eigenvalue weighted by Crippen LogP contribution is -2.34. The number of furan rings is 1. The number of aliphatic hydroxyl groups excluding tert-OH is 1. The van der Waals surface area contributed by atoms with E-state index in [-0.39, 0.29) is 18.6 Å². The number of carbonyl (C=O) groups excluding carboxylic acids is 1. The topological polar surface area (TPSA) is 91.7 Å². The van der Waals surface area contributed by atoms with E-state index in [0.29, 0.717) is 23.5 Å². The predicted octanol–water partition coefficient (Wildman–Crippen LogP) is 0.993. The van der Waals surface area contributed by atoms with E-state index in [1.807, 2.05) is 24.3 Å². The molecular formula is C15H19N3O3. The van der Waals surface area contributed by atoms with Gasteiger partial charge in [0.25, 0.3) is 5.91 Å². The van der Waals surface area contributed by atoms with E-state index < -0.39 is 0 Å². The molecule has 6 nitrogen and oxygen atoms in total. The van der Waals surface area contributed by atoms with E-state index in [2.05, 4.69) is 10.3 Å². The molecule has 1 amide bonds. The van der Waals surface area contributed by atoms with Crippen molar-refractivity contribution in [2.45, 2.75) is 25.4 Å². The van der Waals surface area contributed by atoms with Gasteiger partial charge in [0, 0.05) is 11.4 Å². The fraction of sp³-hybridized carbons (Fsp3) is 0.400. The molecule has 0 radical (unpaired) electrons. The summed E-state index contributed by atoms with van der Waals surface area (Å²) in [5.41, 5.74) is 3.34. The van der Waals surface area contributed by atoms with Crippen LogP contribution < -0.4 is 11.3 Å². The van der Waals surface area contributed by atoms with Gasteiger partial charge in [-0.15, -0.1) is 0 Å². The maximum atomic E-state index is 12.1. The molecule has 21 heavy (non-hydrogen) atoms. The van der Waals surface area contributed by atoms with Gasteiger partial charge < -0.3 is 9.52 Å². The van der Waals surface area contributed by atoms with Gasteiger partial charge in [0.05, 0.1) is 18.7 Å². The molecule has 1 aromatic heterocycles. The van der Waals surface area contributed by atoms with Gasteiger partial charge in [-0.05, 0) is 25.5 Å². The minimum atomic E-state index is -0.352. The van der Waals surface area contributed by atoms with E-state index in [9.17, 15) is 9.90 Å². The summed E-state index contributed by atoms with van der Waals surface area (Å²) in [4.78, 5) is 14.2. The van der Waals surface area contributed by atoms with Crippen molar-refractivity contribution in [3.8, 4) is 0 Å². The van der Waals surface area contributed by atoms with Crippen LogP contribution in [0.3, 0.4) is 0 Å². The third kappa shape index (κ3) is 2.53. The van der Waals surface area contributed by atoms with Crippen LogP contribution in [-0.2, 0) is 6.54 Å². The number of likely N-dealkylation sites (tertiary alicyclic amines) is 1. The van der Waals surface area contributed by atoms with Gasteiger partial charge >= 0.3 is 0 Å². The number of hydrogen-bond acceptors (Lipinski definition) is 5. The first-order valence-corrected chi connectivity index (χ1v) is 7.11. The highest BCUT2D eigenvalue weighted by atomic mass is 16.3. The molecule has 0 aliphatic carbocycles. The van der Waals surface area contributed by atoms with E-state index in [1.165, 1.54) is 0 Å². The van der Waals surface area contributed by atoms with Gasteiger partial charge in [0.2, 0.25) is 0 Å². The second kappa shape index (κ2) is 5.85. The molecule has 1 atom stereocenters. The maximum Gasteiger partial charge on any atom is 0.269 e. The largest absolute Gasteiger partial charge is 0.459 e. The minimum absolute atomic E-state index is 0.124. The predicted molar refractivity (Wildman–Crippen MR) is 78.4 cm³/mol. The summed E-state index contributed by atoms with van der Waals surface area (Å²) < 4.78 is 5.84. The molecule has 0 saturated carbocycles. The molecule has 3 rings (SSSR count). The van der Waals surface area contributed by atoms with Crippen LogP contribution in [0.2, 0.25) is 0 Å². The average molecular weight is 289 g/mol. The fourth-order valence-electron chi connectivity index (χ4n) is 3.02. The first kappa shape index (κ1) is 14.1. The van der Waals surface area contributed by atoms with E-state index in [0.717, 1.165) is 24.8 Å². The summed E-state index contributed by atoms with van der Waals surface area (Å²) in [6.45, 7) is 1.52. The van der Waals surface area contributed by atoms with E-state index in [4.69, 9.17) is 10.3 Å². The molecule has 4 N–H and O–H groups in total. The summed E-state index contributed by atoms with van der Waals surface area (Å²) in [5.74, 6) is 5.53. The Bertz CT molecular complexity index is 653. The first-order chi connectivity index (χ1) is 10.2. The van der Waals surface area contributed by atoms with Crippen molar-refractivity contribution in [2.24, 2.45) is 5.84 Å². The van der Waals surface area contributed by atoms with Crippen molar-refractivity contribution in [3.05, 3.63) is 35.6 Å². The van der Waals surface area contributed by atoms with Crippen molar-refractivity contribution in [1.82, 2.24) is 10.3 Å². The molecule has 2 heterocycles. The molecule has 0 bridgehead atoms. The molecule has 0 spiro atoms. The number of carbonyl (C=O) groups is 1. The van der Waals surface area contributed by atoms with Crippen LogP contribution >= 0.6 is 0 Å². The van der Waals surface area contributed by atoms with Crippen molar-refractivity contribution >= 4 is 16.9 Å². The average Bonchev–Trinajstić information content (AvgIpc) is 3.10. The number of nitrogen functional groups attached to an aromatic ring is 1. The zero-order chi connectivity index (χ0) is 14.8. The number of aliphatic hydroxyl groups is 1. The number of para-hydroxylation sites is 1. The van der Waals surface area contributed by atoms with Crippen LogP contribution in [0.1, 0.15) is 29.0 Å². The molecule has 6 heteroatoms. The SMILES string of the molecule is NNC(=O)c1c(CN2CCCC2CO)oc2ccccc12. The normalized spacial score (nSPS) is 19.2.